The van der Waals surface area contributed by atoms with E-state index in [9.17, 15) is 39.6 Å². The molecule has 0 radical (unpaired) electrons. The van der Waals surface area contributed by atoms with Crippen LogP contribution in [-0.2, 0) is 30.4 Å². The summed E-state index contributed by atoms with van der Waals surface area (Å²) in [6, 6.07) is 3.19. The number of nitrogen functional groups attached to an aromatic ring is 1. The smallest absolute Gasteiger partial charge is 0.352 e. The number of phenols is 2. The van der Waals surface area contributed by atoms with Crippen LogP contribution >= 0.6 is 34.7 Å². The number of piperidine rings is 3. The number of oxime groups is 1. The molecule has 1 aromatic heterocycles. The molecule has 5 aliphatic rings. The van der Waals surface area contributed by atoms with Gasteiger partial charge in [0.05, 0.1) is 35.9 Å². The van der Waals surface area contributed by atoms with Crippen molar-refractivity contribution in [1.29, 1.82) is 0 Å². The van der Waals surface area contributed by atoms with Gasteiger partial charge in [-0.3, -0.25) is 14.5 Å². The Morgan fingerprint density at radius 2 is 1.86 bits per heavy atom. The van der Waals surface area contributed by atoms with E-state index >= 15 is 0 Å². The first-order chi connectivity index (χ1) is 23.6. The van der Waals surface area contributed by atoms with Gasteiger partial charge in [0.1, 0.15) is 17.9 Å². The Labute approximate surface area is 301 Å². The number of fused-ring (bicyclic) bond motifs is 4. The van der Waals surface area contributed by atoms with Gasteiger partial charge in [0.2, 0.25) is 11.5 Å². The number of carbonyl (C=O) groups excluding carboxylic acids is 2. The zero-order valence-corrected chi connectivity index (χ0v) is 29.9. The van der Waals surface area contributed by atoms with Crippen LogP contribution in [0.2, 0.25) is 5.02 Å². The van der Waals surface area contributed by atoms with E-state index in [0.717, 1.165) is 66.7 Å². The van der Waals surface area contributed by atoms with Crippen LogP contribution in [0, 0.1) is 11.3 Å². The van der Waals surface area contributed by atoms with Gasteiger partial charge in [0.25, 0.3) is 0 Å². The Balaban J connectivity index is 1.13. The highest BCUT2D eigenvalue weighted by molar-refractivity contribution is 8.00. The molecular weight excluding hydrogens is 710 g/mol. The van der Waals surface area contributed by atoms with Gasteiger partial charge in [-0.25, -0.2) is 14.6 Å². The van der Waals surface area contributed by atoms with Crippen molar-refractivity contribution in [3.63, 3.8) is 0 Å². The number of aryl methyl sites for hydroxylation is 1. The van der Waals surface area contributed by atoms with Crippen LogP contribution in [0.5, 0.6) is 11.5 Å². The molecule has 2 bridgehead atoms. The van der Waals surface area contributed by atoms with Crippen LogP contribution in [0.1, 0.15) is 57.2 Å². The molecule has 50 heavy (non-hydrogen) atoms. The van der Waals surface area contributed by atoms with Crippen molar-refractivity contribution in [2.45, 2.75) is 63.3 Å². The zero-order valence-electron chi connectivity index (χ0n) is 27.6. The molecular formula is C33H39ClN5O9S2+. The summed E-state index contributed by atoms with van der Waals surface area (Å²) in [5.41, 5.74) is 5.47. The van der Waals surface area contributed by atoms with E-state index in [1.807, 2.05) is 0 Å². The summed E-state index contributed by atoms with van der Waals surface area (Å²) in [5.74, 6) is -4.49. The van der Waals surface area contributed by atoms with Gasteiger partial charge in [-0.05, 0) is 43.7 Å². The Bertz CT molecular complexity index is 1800. The maximum absolute atomic E-state index is 13.5. The number of aromatic nitrogens is 1. The van der Waals surface area contributed by atoms with Crippen molar-refractivity contribution in [1.82, 2.24) is 9.88 Å². The van der Waals surface area contributed by atoms with Crippen molar-refractivity contribution in [3.05, 3.63) is 45.1 Å². The maximum atomic E-state index is 13.5. The fourth-order valence-electron chi connectivity index (χ4n) is 7.41. The van der Waals surface area contributed by atoms with E-state index in [4.69, 9.17) is 22.2 Å². The second-order valence-electron chi connectivity index (χ2n) is 14.1. The first kappa shape index (κ1) is 35.9. The zero-order chi connectivity index (χ0) is 36.2. The number of nitrogens with zero attached hydrogens (tertiary/aromatic N) is 4. The summed E-state index contributed by atoms with van der Waals surface area (Å²) in [5, 5.41) is 44.6. The van der Waals surface area contributed by atoms with Crippen molar-refractivity contribution in [2.24, 2.45) is 16.5 Å². The molecule has 0 saturated carbocycles. The molecule has 6 heterocycles. The molecule has 4 saturated heterocycles. The lowest BCUT2D eigenvalue weighted by Gasteiger charge is -2.56. The first-order valence-electron chi connectivity index (χ1n) is 16.2. The van der Waals surface area contributed by atoms with Crippen LogP contribution in [0.4, 0.5) is 5.13 Å². The molecule has 1 aromatic carbocycles. The van der Waals surface area contributed by atoms with Gasteiger partial charge < -0.3 is 35.5 Å². The quantitative estimate of drug-likeness (QED) is 0.0650. The number of carbonyl (C=O) groups is 4. The number of rotatable bonds is 13. The summed E-state index contributed by atoms with van der Waals surface area (Å²) >= 11 is 8.78. The Morgan fingerprint density at radius 1 is 1.18 bits per heavy atom. The second-order valence-corrected chi connectivity index (χ2v) is 16.5. The average Bonchev–Trinajstić information content (AvgIpc) is 3.51. The number of amides is 1. The minimum absolute atomic E-state index is 0.00755. The van der Waals surface area contributed by atoms with Crippen LogP contribution in [0.25, 0.3) is 0 Å². The molecule has 2 atom stereocenters. The number of anilines is 1. The second kappa shape index (κ2) is 13.4. The lowest BCUT2D eigenvalue weighted by molar-refractivity contribution is -0.941. The average molecular weight is 749 g/mol. The third kappa shape index (κ3) is 6.65. The number of carboxylic acids is 2. The summed E-state index contributed by atoms with van der Waals surface area (Å²) in [6.45, 7) is 5.73. The van der Waals surface area contributed by atoms with Crippen LogP contribution in [0.15, 0.2) is 33.9 Å². The van der Waals surface area contributed by atoms with E-state index in [0.29, 0.717) is 24.3 Å². The number of thioether (sulfide) groups is 1. The van der Waals surface area contributed by atoms with Crippen LogP contribution in [0.3, 0.4) is 0 Å². The van der Waals surface area contributed by atoms with E-state index in [1.165, 1.54) is 42.0 Å². The molecule has 17 heteroatoms. The first-order valence-corrected chi connectivity index (χ1v) is 18.5. The standard InChI is InChI=1S/C33H38ClN5O9S2/c1-32(2,30(46)47)48-37-24(20-16-50-31(35)36-20)22(41)13-19-27(43)38-25(29(44)45)18(15-49-28(19)38)14-39-10-7-33(8-11-39,9-12-39)6-5-17-3-4-21(40)26(42)23(17)34/h3-4,16,19,28H,5-15H2,1-2H3,(H5-,35,36,37,40,41,42,44,45,46,47)/p+1/t19-,28-,33?,39?/m1/s1. The molecule has 4 fully saturated rings. The van der Waals surface area contributed by atoms with Crippen LogP contribution in [-0.4, -0.2) is 107 Å². The number of quaternary nitrogens is 1. The van der Waals surface area contributed by atoms with Crippen molar-refractivity contribution in [2.75, 3.05) is 37.7 Å². The third-order valence-electron chi connectivity index (χ3n) is 10.6. The molecule has 6 N–H and O–H groups in total. The topological polar surface area (TPSA) is 213 Å². The largest absolute Gasteiger partial charge is 0.504 e. The number of nitrogens with two attached hydrogens (primary N) is 1. The lowest BCUT2D eigenvalue weighted by Crippen LogP contribution is -2.65. The highest BCUT2D eigenvalue weighted by Crippen LogP contribution is 2.50. The Kier molecular flexibility index (Phi) is 9.60. The molecule has 14 nitrogen and oxygen atoms in total. The summed E-state index contributed by atoms with van der Waals surface area (Å²) in [6.07, 6.45) is 4.18. The number of hydrogen-bond acceptors (Lipinski definition) is 12. The highest BCUT2D eigenvalue weighted by atomic mass is 35.5. The highest BCUT2D eigenvalue weighted by Gasteiger charge is 2.56. The van der Waals surface area contributed by atoms with Crippen molar-refractivity contribution >= 4 is 69.2 Å². The number of aromatic hydroxyl groups is 2. The molecule has 5 aliphatic heterocycles. The van der Waals surface area contributed by atoms with Gasteiger partial charge in [-0.15, -0.1) is 23.1 Å². The fraction of sp³-hybridized carbons (Fsp3) is 0.515. The van der Waals surface area contributed by atoms with Gasteiger partial charge >= 0.3 is 11.9 Å². The summed E-state index contributed by atoms with van der Waals surface area (Å²) < 4.78 is 0.757. The lowest BCUT2D eigenvalue weighted by atomic mass is 9.67. The monoisotopic (exact) mass is 748 g/mol. The SMILES string of the molecule is CC(C)(O/N=C(\C(=O)C[C@@H]1C(=O)N2C(C(=O)O)=C(C[N+]34CCC(CCc5ccc(O)c(O)c5Cl)(CC3)CC4)CS[C@H]12)c1csc(N)n1)C(=O)O. The third-order valence-corrected chi connectivity index (χ3v) is 13.1. The fourth-order valence-corrected chi connectivity index (χ4v) is 9.62. The number of β-lactam (4-membered cyclic amide) rings is 1. The minimum Gasteiger partial charge on any atom is -0.504 e. The number of benzene rings is 1. The number of hydrogen-bond donors (Lipinski definition) is 5. The predicted octanol–water partition coefficient (Wildman–Crippen LogP) is 3.84. The van der Waals surface area contributed by atoms with E-state index in [1.54, 1.807) is 6.07 Å². The Morgan fingerprint density at radius 3 is 2.46 bits per heavy atom. The van der Waals surface area contributed by atoms with Crippen LogP contribution < -0.4 is 5.73 Å². The van der Waals surface area contributed by atoms with Gasteiger partial charge in [0, 0.05) is 42.4 Å². The molecule has 0 spiro atoms. The summed E-state index contributed by atoms with van der Waals surface area (Å²) in [7, 11) is 0. The van der Waals surface area contributed by atoms with Crippen molar-refractivity contribution in [3.8, 4) is 11.5 Å². The van der Waals surface area contributed by atoms with E-state index in [-0.39, 0.29) is 50.6 Å². The molecule has 7 rings (SSSR count). The number of carboxylic acid groups (broad SMARTS) is 2. The van der Waals surface area contributed by atoms with Crippen molar-refractivity contribution < 1.29 is 48.9 Å². The predicted molar refractivity (Wildman–Crippen MR) is 186 cm³/mol. The minimum atomic E-state index is -1.74. The number of ketones is 1. The van der Waals surface area contributed by atoms with Gasteiger partial charge in [0.15, 0.2) is 28.1 Å². The van der Waals surface area contributed by atoms with E-state index in [2.05, 4.69) is 10.1 Å². The number of phenolic OH excluding ortho intramolecular Hbond substituents is 2. The molecule has 2 aromatic rings. The summed E-state index contributed by atoms with van der Waals surface area (Å²) in [4.78, 5) is 61.9. The normalized spacial score (nSPS) is 26.4. The maximum Gasteiger partial charge on any atom is 0.352 e. The molecule has 0 unspecified atom stereocenters. The molecule has 268 valence electrons. The van der Waals surface area contributed by atoms with Gasteiger partial charge in [-0.1, -0.05) is 22.8 Å². The molecule has 1 amide bonds. The van der Waals surface area contributed by atoms with Gasteiger partial charge in [-0.2, -0.15) is 0 Å². The van der Waals surface area contributed by atoms with E-state index < -0.39 is 40.5 Å². The Hall–Kier alpha value is -3.86. The number of Topliss-reactive ketones (excluding diaryl/α,β-unsaturated/α-hetero) is 1. The number of aliphatic carboxylic acids is 2. The number of halogens is 1. The number of thiazole rings is 1. The molecule has 0 aliphatic carbocycles.